The van der Waals surface area contributed by atoms with Gasteiger partial charge in [0.05, 0.1) is 25.7 Å². The summed E-state index contributed by atoms with van der Waals surface area (Å²) in [5, 5.41) is 0. The number of carbonyl (C=O) groups is 3. The van der Waals surface area contributed by atoms with Gasteiger partial charge < -0.3 is 19.3 Å². The van der Waals surface area contributed by atoms with Gasteiger partial charge >= 0.3 is 0 Å². The number of piperazine rings is 1. The van der Waals surface area contributed by atoms with Gasteiger partial charge in [0.25, 0.3) is 0 Å². The molecule has 0 aliphatic carbocycles. The van der Waals surface area contributed by atoms with Gasteiger partial charge in [0.2, 0.25) is 17.7 Å². The number of rotatable bonds is 8. The Labute approximate surface area is 212 Å². The molecule has 2 aliphatic rings. The van der Waals surface area contributed by atoms with Gasteiger partial charge in [-0.15, -0.1) is 0 Å². The van der Waals surface area contributed by atoms with Gasteiger partial charge in [-0.2, -0.15) is 0 Å². The molecule has 192 valence electrons. The molecule has 2 aliphatic heterocycles. The number of likely N-dealkylation sites (tertiary alicyclic amines) is 1. The maximum Gasteiger partial charge on any atom is 0.241 e. The van der Waals surface area contributed by atoms with Crippen molar-refractivity contribution in [2.24, 2.45) is 0 Å². The summed E-state index contributed by atoms with van der Waals surface area (Å²) < 4.78 is 10.7. The van der Waals surface area contributed by atoms with E-state index in [4.69, 9.17) is 9.47 Å². The van der Waals surface area contributed by atoms with E-state index in [1.165, 1.54) is 35.9 Å². The predicted octanol–water partition coefficient (Wildman–Crippen LogP) is 2.69. The normalized spacial score (nSPS) is 20.3. The highest BCUT2D eigenvalue weighted by atomic mass is 16.5. The highest BCUT2D eigenvalue weighted by molar-refractivity contribution is 6.11. The Kier molecular flexibility index (Phi) is 7.64. The fourth-order valence-electron chi connectivity index (χ4n) is 5.34. The van der Waals surface area contributed by atoms with Gasteiger partial charge in [-0.05, 0) is 37.1 Å². The number of para-hydroxylation sites is 1. The molecule has 8 nitrogen and oxygen atoms in total. The monoisotopic (exact) mass is 493 g/mol. The minimum atomic E-state index is -1.29. The molecule has 2 heterocycles. The Bertz CT molecular complexity index is 1140. The second kappa shape index (κ2) is 10.7. The summed E-state index contributed by atoms with van der Waals surface area (Å²) in [6.45, 7) is 7.17. The molecule has 0 aromatic heterocycles. The molecular weight excluding hydrogens is 458 g/mol. The van der Waals surface area contributed by atoms with Crippen molar-refractivity contribution in [3.05, 3.63) is 59.2 Å². The number of ether oxygens (including phenoxy) is 2. The number of aryl methyl sites for hydroxylation is 1. The summed E-state index contributed by atoms with van der Waals surface area (Å²) in [6, 6.07) is 13.5. The molecule has 2 aromatic rings. The fourth-order valence-corrected chi connectivity index (χ4v) is 5.34. The van der Waals surface area contributed by atoms with Gasteiger partial charge in [0, 0.05) is 57.4 Å². The Morgan fingerprint density at radius 3 is 2.39 bits per heavy atom. The minimum Gasteiger partial charge on any atom is -0.496 e. The third kappa shape index (κ3) is 4.69. The van der Waals surface area contributed by atoms with Crippen LogP contribution in [0.2, 0.25) is 0 Å². The van der Waals surface area contributed by atoms with Crippen LogP contribution in [-0.2, 0) is 24.5 Å². The van der Waals surface area contributed by atoms with E-state index in [0.29, 0.717) is 37.5 Å². The number of methoxy groups -OCH3 is 2. The van der Waals surface area contributed by atoms with E-state index in [9.17, 15) is 14.4 Å². The van der Waals surface area contributed by atoms with Gasteiger partial charge in [-0.3, -0.25) is 19.3 Å². The second-order valence-corrected chi connectivity index (χ2v) is 9.57. The molecule has 2 saturated heterocycles. The zero-order valence-corrected chi connectivity index (χ0v) is 21.6. The summed E-state index contributed by atoms with van der Waals surface area (Å²) in [6.07, 6.45) is -0.144. The molecule has 36 heavy (non-hydrogen) atoms. The number of hydrogen-bond acceptors (Lipinski definition) is 6. The molecular formula is C28H35N3O5. The van der Waals surface area contributed by atoms with Crippen LogP contribution in [0.5, 0.6) is 5.75 Å². The number of hydrogen-bond donors (Lipinski definition) is 0. The first-order valence-electron chi connectivity index (χ1n) is 12.4. The molecule has 0 bridgehead atoms. The first-order valence-corrected chi connectivity index (χ1v) is 12.4. The van der Waals surface area contributed by atoms with E-state index < -0.39 is 5.41 Å². The van der Waals surface area contributed by atoms with E-state index in [2.05, 4.69) is 36.9 Å². The van der Waals surface area contributed by atoms with E-state index in [1.54, 1.807) is 12.1 Å². The van der Waals surface area contributed by atoms with E-state index >= 15 is 0 Å². The third-order valence-electron chi connectivity index (χ3n) is 7.55. The van der Waals surface area contributed by atoms with Gasteiger partial charge in [-0.25, -0.2) is 0 Å². The van der Waals surface area contributed by atoms with Crippen LogP contribution < -0.4 is 9.64 Å². The Morgan fingerprint density at radius 1 is 0.972 bits per heavy atom. The van der Waals surface area contributed by atoms with Crippen LogP contribution in [0.4, 0.5) is 5.69 Å². The Hall–Kier alpha value is -3.39. The number of benzene rings is 2. The molecule has 3 amide bonds. The van der Waals surface area contributed by atoms with Crippen LogP contribution in [0.3, 0.4) is 0 Å². The van der Waals surface area contributed by atoms with Crippen molar-refractivity contribution in [2.75, 3.05) is 58.5 Å². The van der Waals surface area contributed by atoms with E-state index in [0.717, 1.165) is 0 Å². The molecule has 0 saturated carbocycles. The Balaban J connectivity index is 1.56. The quantitative estimate of drug-likeness (QED) is 0.526. The van der Waals surface area contributed by atoms with Crippen molar-refractivity contribution in [3.8, 4) is 5.75 Å². The summed E-state index contributed by atoms with van der Waals surface area (Å²) >= 11 is 0. The lowest BCUT2D eigenvalue weighted by atomic mass is 9.75. The molecule has 2 fully saturated rings. The zero-order chi connectivity index (χ0) is 25.9. The predicted molar refractivity (Wildman–Crippen MR) is 137 cm³/mol. The molecule has 0 radical (unpaired) electrons. The smallest absolute Gasteiger partial charge is 0.241 e. The molecule has 2 aromatic carbocycles. The van der Waals surface area contributed by atoms with Crippen molar-refractivity contribution in [2.45, 2.75) is 32.1 Å². The summed E-state index contributed by atoms with van der Waals surface area (Å²) in [7, 11) is 3.06. The number of carbonyl (C=O) groups excluding carboxylic acids is 3. The third-order valence-corrected chi connectivity index (χ3v) is 7.55. The van der Waals surface area contributed by atoms with Crippen molar-refractivity contribution >= 4 is 23.4 Å². The lowest BCUT2D eigenvalue weighted by Gasteiger charge is -2.38. The lowest BCUT2D eigenvalue weighted by molar-refractivity contribution is -0.143. The maximum absolute atomic E-state index is 13.8. The maximum atomic E-state index is 13.8. The van der Waals surface area contributed by atoms with Crippen LogP contribution in [0.25, 0.3) is 0 Å². The van der Waals surface area contributed by atoms with Crippen LogP contribution in [0, 0.1) is 13.8 Å². The molecule has 1 unspecified atom stereocenters. The molecule has 0 N–H and O–H groups in total. The topological polar surface area (TPSA) is 79.4 Å². The second-order valence-electron chi connectivity index (χ2n) is 9.57. The van der Waals surface area contributed by atoms with Crippen LogP contribution in [-0.4, -0.2) is 81.1 Å². The summed E-state index contributed by atoms with van der Waals surface area (Å²) in [5.74, 6) is -0.289. The van der Waals surface area contributed by atoms with Crippen LogP contribution in [0.15, 0.2) is 42.5 Å². The highest BCUT2D eigenvalue weighted by Gasteiger charge is 2.55. The van der Waals surface area contributed by atoms with E-state index in [-0.39, 0.29) is 43.7 Å². The van der Waals surface area contributed by atoms with Crippen molar-refractivity contribution < 1.29 is 23.9 Å². The van der Waals surface area contributed by atoms with Crippen LogP contribution in [0.1, 0.15) is 29.5 Å². The largest absolute Gasteiger partial charge is 0.496 e. The summed E-state index contributed by atoms with van der Waals surface area (Å²) in [5.41, 5.74) is 2.97. The highest BCUT2D eigenvalue weighted by Crippen LogP contribution is 2.44. The van der Waals surface area contributed by atoms with Crippen molar-refractivity contribution in [3.63, 3.8) is 0 Å². The van der Waals surface area contributed by atoms with Gasteiger partial charge in [0.15, 0.2) is 0 Å². The average molecular weight is 494 g/mol. The first kappa shape index (κ1) is 25.7. The zero-order valence-electron chi connectivity index (χ0n) is 21.6. The number of amides is 3. The van der Waals surface area contributed by atoms with Crippen molar-refractivity contribution in [1.29, 1.82) is 0 Å². The van der Waals surface area contributed by atoms with E-state index in [1.807, 2.05) is 17.0 Å². The molecule has 8 heteroatoms. The Morgan fingerprint density at radius 2 is 1.69 bits per heavy atom. The SMILES string of the molecule is COCCN1C(=O)CC(CC(=O)N2CCN(c3cccc(C)c3C)CC2)(c2ccccc2OC)C1=O. The van der Waals surface area contributed by atoms with Gasteiger partial charge in [-0.1, -0.05) is 30.3 Å². The summed E-state index contributed by atoms with van der Waals surface area (Å²) in [4.78, 5) is 45.7. The van der Waals surface area contributed by atoms with Crippen LogP contribution >= 0.6 is 0 Å². The van der Waals surface area contributed by atoms with Gasteiger partial charge in [0.1, 0.15) is 5.75 Å². The standard InChI is InChI=1S/C28H35N3O5/c1-20-8-7-10-23(21(20)2)29-12-14-30(15-13-29)25(32)18-28(22-9-5-6-11-24(22)36-4)19-26(33)31(27(28)34)16-17-35-3/h5-11H,12-19H2,1-4H3. The number of imide groups is 1. The average Bonchev–Trinajstić information content (AvgIpc) is 3.13. The minimum absolute atomic E-state index is 0.0654. The van der Waals surface area contributed by atoms with Crippen molar-refractivity contribution in [1.82, 2.24) is 9.80 Å². The molecule has 1 atom stereocenters. The first-order chi connectivity index (χ1) is 17.3. The fraction of sp³-hybridized carbons (Fsp3) is 0.464. The number of nitrogens with zero attached hydrogens (tertiary/aromatic N) is 3. The molecule has 4 rings (SSSR count). The lowest BCUT2D eigenvalue weighted by Crippen LogP contribution is -2.51. The molecule has 0 spiro atoms. The number of anilines is 1.